The second-order valence-electron chi connectivity index (χ2n) is 6.99. The second kappa shape index (κ2) is 10.3. The van der Waals surface area contributed by atoms with Gasteiger partial charge in [0.15, 0.2) is 0 Å². The van der Waals surface area contributed by atoms with Crippen LogP contribution in [0.4, 0.5) is 8.78 Å². The SMILES string of the molecule is O=C(NNC(=O)c1ccccc1OC(F)F)c1ccc(Cn2nnc(-c3ccccc3)n2)cc1. The number of ether oxygens (including phenoxy) is 1. The molecule has 1 aromatic heterocycles. The van der Waals surface area contributed by atoms with Crippen molar-refractivity contribution >= 4 is 11.8 Å². The maximum absolute atomic E-state index is 12.5. The molecule has 0 bridgehead atoms. The highest BCUT2D eigenvalue weighted by Crippen LogP contribution is 2.20. The summed E-state index contributed by atoms with van der Waals surface area (Å²) in [7, 11) is 0. The predicted octanol–water partition coefficient (Wildman–Crippen LogP) is 3.06. The Labute approximate surface area is 192 Å². The fraction of sp³-hybridized carbons (Fsp3) is 0.0870. The molecule has 0 saturated heterocycles. The number of benzene rings is 3. The van der Waals surface area contributed by atoms with Crippen molar-refractivity contribution in [2.75, 3.05) is 0 Å². The van der Waals surface area contributed by atoms with Crippen LogP contribution < -0.4 is 15.6 Å². The quantitative estimate of drug-likeness (QED) is 0.407. The van der Waals surface area contributed by atoms with Crippen LogP contribution in [0.5, 0.6) is 5.75 Å². The fourth-order valence-electron chi connectivity index (χ4n) is 3.04. The maximum Gasteiger partial charge on any atom is 0.387 e. The van der Waals surface area contributed by atoms with E-state index in [0.29, 0.717) is 12.4 Å². The van der Waals surface area contributed by atoms with Gasteiger partial charge in [-0.1, -0.05) is 54.6 Å². The standard InChI is InChI=1S/C23H18F2N6O3/c24-23(25)34-19-9-5-4-8-18(19)22(33)28-27-21(32)17-12-10-15(11-13-17)14-31-29-20(26-30-31)16-6-2-1-3-7-16/h1-13,23H,14H2,(H,27,32)(H,28,33). The molecule has 1 heterocycles. The van der Waals surface area contributed by atoms with Crippen molar-refractivity contribution in [1.29, 1.82) is 0 Å². The summed E-state index contributed by atoms with van der Waals surface area (Å²) >= 11 is 0. The largest absolute Gasteiger partial charge is 0.434 e. The van der Waals surface area contributed by atoms with E-state index in [2.05, 4.69) is 31.0 Å². The van der Waals surface area contributed by atoms with Crippen molar-refractivity contribution < 1.29 is 23.1 Å². The Hall–Kier alpha value is -4.67. The van der Waals surface area contributed by atoms with Gasteiger partial charge < -0.3 is 4.74 Å². The third-order valence-electron chi connectivity index (χ3n) is 4.66. The van der Waals surface area contributed by atoms with E-state index in [-0.39, 0.29) is 16.9 Å². The molecule has 0 unspecified atom stereocenters. The maximum atomic E-state index is 12.5. The van der Waals surface area contributed by atoms with Gasteiger partial charge in [-0.15, -0.1) is 10.2 Å². The molecule has 0 radical (unpaired) electrons. The first kappa shape index (κ1) is 22.5. The summed E-state index contributed by atoms with van der Waals surface area (Å²) in [5, 5.41) is 12.4. The number of carbonyl (C=O) groups is 2. The number of rotatable bonds is 7. The topological polar surface area (TPSA) is 111 Å². The Kier molecular flexibility index (Phi) is 6.82. The minimum Gasteiger partial charge on any atom is -0.434 e. The molecule has 0 spiro atoms. The number of hydrogen-bond donors (Lipinski definition) is 2. The highest BCUT2D eigenvalue weighted by Gasteiger charge is 2.16. The number of carbonyl (C=O) groups excluding carboxylic acids is 2. The summed E-state index contributed by atoms with van der Waals surface area (Å²) in [6, 6.07) is 21.5. The van der Waals surface area contributed by atoms with E-state index in [0.717, 1.165) is 11.1 Å². The first-order chi connectivity index (χ1) is 16.5. The first-order valence-corrected chi connectivity index (χ1v) is 10.1. The molecule has 4 rings (SSSR count). The van der Waals surface area contributed by atoms with E-state index in [9.17, 15) is 18.4 Å². The molecule has 0 aliphatic carbocycles. The lowest BCUT2D eigenvalue weighted by Gasteiger charge is -2.11. The van der Waals surface area contributed by atoms with Gasteiger partial charge in [0.1, 0.15) is 5.75 Å². The van der Waals surface area contributed by atoms with Crippen LogP contribution in [0.15, 0.2) is 78.9 Å². The van der Waals surface area contributed by atoms with Crippen LogP contribution in [-0.4, -0.2) is 38.6 Å². The van der Waals surface area contributed by atoms with Crippen LogP contribution >= 0.6 is 0 Å². The highest BCUT2D eigenvalue weighted by atomic mass is 19.3. The zero-order valence-electron chi connectivity index (χ0n) is 17.6. The van der Waals surface area contributed by atoms with Gasteiger partial charge in [0.2, 0.25) is 5.82 Å². The summed E-state index contributed by atoms with van der Waals surface area (Å²) in [5.41, 5.74) is 6.25. The summed E-state index contributed by atoms with van der Waals surface area (Å²) < 4.78 is 29.3. The third kappa shape index (κ3) is 5.57. The van der Waals surface area contributed by atoms with Crippen LogP contribution in [-0.2, 0) is 6.54 Å². The van der Waals surface area contributed by atoms with Crippen LogP contribution in [0, 0.1) is 0 Å². The van der Waals surface area contributed by atoms with Crippen molar-refractivity contribution in [1.82, 2.24) is 31.1 Å². The van der Waals surface area contributed by atoms with Gasteiger partial charge in [-0.3, -0.25) is 20.4 Å². The molecule has 9 nitrogen and oxygen atoms in total. The van der Waals surface area contributed by atoms with E-state index in [1.807, 2.05) is 30.3 Å². The van der Waals surface area contributed by atoms with Gasteiger partial charge in [-0.2, -0.15) is 13.6 Å². The average molecular weight is 464 g/mol. The number of tetrazole rings is 1. The summed E-state index contributed by atoms with van der Waals surface area (Å²) in [5.74, 6) is -1.18. The molecule has 0 aliphatic rings. The number of hydrogen-bond acceptors (Lipinski definition) is 6. The van der Waals surface area contributed by atoms with Gasteiger partial charge in [-0.25, -0.2) is 0 Å². The average Bonchev–Trinajstić information content (AvgIpc) is 3.32. The van der Waals surface area contributed by atoms with Crippen LogP contribution in [0.2, 0.25) is 0 Å². The number of hydrazine groups is 1. The molecule has 34 heavy (non-hydrogen) atoms. The normalized spacial score (nSPS) is 10.7. The Balaban J connectivity index is 1.34. The van der Waals surface area contributed by atoms with Crippen molar-refractivity contribution in [2.24, 2.45) is 0 Å². The molecule has 4 aromatic rings. The number of para-hydroxylation sites is 1. The molecule has 2 amide bonds. The molecule has 0 saturated carbocycles. The number of amides is 2. The molecular weight excluding hydrogens is 446 g/mol. The summed E-state index contributed by atoms with van der Waals surface area (Å²) in [4.78, 5) is 26.1. The summed E-state index contributed by atoms with van der Waals surface area (Å²) in [6.45, 7) is -2.74. The van der Waals surface area contributed by atoms with Crippen LogP contribution in [0.3, 0.4) is 0 Å². The van der Waals surface area contributed by atoms with Crippen LogP contribution in [0.1, 0.15) is 26.3 Å². The van der Waals surface area contributed by atoms with Crippen LogP contribution in [0.25, 0.3) is 11.4 Å². The molecule has 11 heteroatoms. The Morgan fingerprint density at radius 2 is 1.56 bits per heavy atom. The second-order valence-corrected chi connectivity index (χ2v) is 6.99. The molecule has 2 N–H and O–H groups in total. The molecule has 0 aliphatic heterocycles. The minimum absolute atomic E-state index is 0.145. The van der Waals surface area contributed by atoms with Gasteiger partial charge in [0, 0.05) is 11.1 Å². The van der Waals surface area contributed by atoms with Gasteiger partial charge in [0.25, 0.3) is 11.8 Å². The zero-order valence-corrected chi connectivity index (χ0v) is 17.6. The molecule has 172 valence electrons. The van der Waals surface area contributed by atoms with E-state index in [1.165, 1.54) is 29.1 Å². The summed E-state index contributed by atoms with van der Waals surface area (Å²) in [6.07, 6.45) is 0. The lowest BCUT2D eigenvalue weighted by Crippen LogP contribution is -2.41. The Morgan fingerprint density at radius 3 is 2.29 bits per heavy atom. The smallest absolute Gasteiger partial charge is 0.387 e. The minimum atomic E-state index is -3.08. The van der Waals surface area contributed by atoms with E-state index in [4.69, 9.17) is 0 Å². The van der Waals surface area contributed by atoms with Gasteiger partial charge >= 0.3 is 6.61 Å². The van der Waals surface area contributed by atoms with Gasteiger partial charge in [-0.05, 0) is 35.0 Å². The lowest BCUT2D eigenvalue weighted by molar-refractivity contribution is -0.0501. The van der Waals surface area contributed by atoms with Gasteiger partial charge in [0.05, 0.1) is 12.1 Å². The number of halogens is 2. The van der Waals surface area contributed by atoms with Crippen molar-refractivity contribution in [3.63, 3.8) is 0 Å². The van der Waals surface area contributed by atoms with Crippen molar-refractivity contribution in [3.8, 4) is 17.1 Å². The first-order valence-electron chi connectivity index (χ1n) is 10.1. The van der Waals surface area contributed by atoms with E-state index in [1.54, 1.807) is 24.3 Å². The monoisotopic (exact) mass is 464 g/mol. The lowest BCUT2D eigenvalue weighted by atomic mass is 10.1. The van der Waals surface area contributed by atoms with Crippen molar-refractivity contribution in [3.05, 3.63) is 95.6 Å². The van der Waals surface area contributed by atoms with E-state index >= 15 is 0 Å². The van der Waals surface area contributed by atoms with Crippen molar-refractivity contribution in [2.45, 2.75) is 13.2 Å². The fourth-order valence-corrected chi connectivity index (χ4v) is 3.04. The molecule has 0 fully saturated rings. The number of nitrogens with one attached hydrogen (secondary N) is 2. The number of nitrogens with zero attached hydrogens (tertiary/aromatic N) is 4. The molecule has 3 aromatic carbocycles. The highest BCUT2D eigenvalue weighted by molar-refractivity contribution is 6.00. The molecular formula is C23H18F2N6O3. The molecule has 0 atom stereocenters. The van der Waals surface area contributed by atoms with E-state index < -0.39 is 18.4 Å². The Bertz CT molecular complexity index is 1280. The zero-order chi connectivity index (χ0) is 23.9. The third-order valence-corrected chi connectivity index (χ3v) is 4.66. The number of aromatic nitrogens is 4. The Morgan fingerprint density at radius 1 is 0.882 bits per heavy atom. The number of alkyl halides is 2. The predicted molar refractivity (Wildman–Crippen MR) is 117 cm³/mol.